The number of aromatic nitrogens is 1. The van der Waals surface area contributed by atoms with Gasteiger partial charge in [-0.25, -0.2) is 17.5 Å². The molecule has 3 aromatic rings. The predicted octanol–water partition coefficient (Wildman–Crippen LogP) is 3.95. The Morgan fingerprint density at radius 1 is 1.20 bits per heavy atom. The second-order valence-electron chi connectivity index (χ2n) is 5.70. The van der Waals surface area contributed by atoms with Gasteiger partial charge in [0.15, 0.2) is 5.76 Å². The van der Waals surface area contributed by atoms with Crippen LogP contribution in [0.1, 0.15) is 21.7 Å². The van der Waals surface area contributed by atoms with Gasteiger partial charge in [0.25, 0.3) is 0 Å². The van der Waals surface area contributed by atoms with E-state index in [1.165, 1.54) is 23.5 Å². The normalized spacial score (nSPS) is 11.8. The van der Waals surface area contributed by atoms with Crippen LogP contribution in [0.4, 0.5) is 4.39 Å². The summed E-state index contributed by atoms with van der Waals surface area (Å²) in [5, 5.41) is 3.91. The fourth-order valence-electron chi connectivity index (χ4n) is 2.35. The predicted molar refractivity (Wildman–Crippen MR) is 94.5 cm³/mol. The van der Waals surface area contributed by atoms with Crippen molar-refractivity contribution in [2.75, 3.05) is 0 Å². The van der Waals surface area contributed by atoms with E-state index in [9.17, 15) is 12.8 Å². The number of nitrogens with zero attached hydrogens (tertiary/aromatic N) is 1. The van der Waals surface area contributed by atoms with E-state index in [1.54, 1.807) is 25.1 Å². The lowest BCUT2D eigenvalue weighted by Crippen LogP contribution is -2.23. The molecule has 132 valence electrons. The third kappa shape index (κ3) is 3.65. The topological polar surface area (TPSA) is 72.2 Å². The van der Waals surface area contributed by atoms with Crippen molar-refractivity contribution >= 4 is 21.4 Å². The highest BCUT2D eigenvalue weighted by Gasteiger charge is 2.22. The lowest BCUT2D eigenvalue weighted by molar-refractivity contribution is 0.427. The first kappa shape index (κ1) is 17.8. The van der Waals surface area contributed by atoms with Gasteiger partial charge in [-0.1, -0.05) is 17.3 Å². The van der Waals surface area contributed by atoms with Crippen molar-refractivity contribution in [1.29, 1.82) is 0 Å². The van der Waals surface area contributed by atoms with Crippen LogP contribution in [0.25, 0.3) is 10.6 Å². The number of thiophene rings is 1. The van der Waals surface area contributed by atoms with Gasteiger partial charge in [0.2, 0.25) is 10.0 Å². The average Bonchev–Trinajstić information content (AvgIpc) is 3.11. The van der Waals surface area contributed by atoms with Gasteiger partial charge < -0.3 is 4.52 Å². The summed E-state index contributed by atoms with van der Waals surface area (Å²) in [6, 6.07) is 7.29. The van der Waals surface area contributed by atoms with Crippen LogP contribution in [0.15, 0.2) is 39.8 Å². The zero-order valence-corrected chi connectivity index (χ0v) is 15.6. The Labute approximate surface area is 149 Å². The first-order valence-corrected chi connectivity index (χ1v) is 9.85. The molecule has 0 saturated carbocycles. The second-order valence-corrected chi connectivity index (χ2v) is 8.70. The highest BCUT2D eigenvalue weighted by atomic mass is 32.2. The zero-order chi connectivity index (χ0) is 18.2. The van der Waals surface area contributed by atoms with E-state index in [2.05, 4.69) is 9.88 Å². The van der Waals surface area contributed by atoms with E-state index in [0.29, 0.717) is 16.2 Å². The summed E-state index contributed by atoms with van der Waals surface area (Å²) >= 11 is 1.34. The molecule has 0 atom stereocenters. The van der Waals surface area contributed by atoms with Crippen LogP contribution in [-0.4, -0.2) is 13.6 Å². The summed E-state index contributed by atoms with van der Waals surface area (Å²) in [5.41, 5.74) is 2.35. The molecule has 1 N–H and O–H groups in total. The highest BCUT2D eigenvalue weighted by molar-refractivity contribution is 7.89. The molecule has 0 aliphatic rings. The SMILES string of the molecule is Cc1noc(-c2cc(S(=O)(=O)NCc3ccc(F)cc3)c(C)s2)c1C. The molecule has 0 saturated heterocycles. The number of halogens is 1. The van der Waals surface area contributed by atoms with Crippen LogP contribution in [0.3, 0.4) is 0 Å². The molecular weight excluding hydrogens is 363 g/mol. The minimum absolute atomic E-state index is 0.0909. The molecule has 1 aromatic carbocycles. The molecule has 2 heterocycles. The molecule has 0 fully saturated rings. The van der Waals surface area contributed by atoms with E-state index < -0.39 is 10.0 Å². The molecule has 0 amide bonds. The van der Waals surface area contributed by atoms with Crippen LogP contribution in [0.5, 0.6) is 0 Å². The third-order valence-corrected chi connectivity index (χ3v) is 6.63. The van der Waals surface area contributed by atoms with Crippen LogP contribution in [0, 0.1) is 26.6 Å². The Kier molecular flexibility index (Phi) is 4.77. The van der Waals surface area contributed by atoms with Gasteiger partial charge in [-0.15, -0.1) is 11.3 Å². The Morgan fingerprint density at radius 3 is 2.48 bits per heavy atom. The van der Waals surface area contributed by atoms with E-state index >= 15 is 0 Å². The molecular formula is C17H17FN2O3S2. The maximum absolute atomic E-state index is 12.9. The summed E-state index contributed by atoms with van der Waals surface area (Å²) in [4.78, 5) is 1.59. The Morgan fingerprint density at radius 2 is 1.88 bits per heavy atom. The van der Waals surface area contributed by atoms with Crippen molar-refractivity contribution in [1.82, 2.24) is 9.88 Å². The molecule has 0 aliphatic heterocycles. The summed E-state index contributed by atoms with van der Waals surface area (Å²) in [6.07, 6.45) is 0. The second kappa shape index (κ2) is 6.70. The van der Waals surface area contributed by atoms with Crippen molar-refractivity contribution in [2.24, 2.45) is 0 Å². The van der Waals surface area contributed by atoms with Gasteiger partial charge in [-0.2, -0.15) is 0 Å². The first-order valence-electron chi connectivity index (χ1n) is 7.55. The molecule has 0 spiro atoms. The maximum Gasteiger partial charge on any atom is 0.241 e. The minimum atomic E-state index is -3.69. The molecule has 0 unspecified atom stereocenters. The Hall–Kier alpha value is -2.03. The van der Waals surface area contributed by atoms with E-state index in [0.717, 1.165) is 16.1 Å². The van der Waals surface area contributed by atoms with Crippen LogP contribution >= 0.6 is 11.3 Å². The fraction of sp³-hybridized carbons (Fsp3) is 0.235. The number of rotatable bonds is 5. The van der Waals surface area contributed by atoms with Crippen LogP contribution in [-0.2, 0) is 16.6 Å². The Bertz CT molecular complexity index is 1010. The molecule has 5 nitrogen and oxygen atoms in total. The third-order valence-electron chi connectivity index (χ3n) is 3.92. The molecule has 2 aromatic heterocycles. The lowest BCUT2D eigenvalue weighted by atomic mass is 10.2. The number of aryl methyl sites for hydroxylation is 2. The molecule has 25 heavy (non-hydrogen) atoms. The number of hydrogen-bond acceptors (Lipinski definition) is 5. The quantitative estimate of drug-likeness (QED) is 0.728. The van der Waals surface area contributed by atoms with Crippen LogP contribution in [0.2, 0.25) is 0 Å². The lowest BCUT2D eigenvalue weighted by Gasteiger charge is -2.06. The summed E-state index contributed by atoms with van der Waals surface area (Å²) in [5.74, 6) is 0.230. The molecule has 0 radical (unpaired) electrons. The van der Waals surface area contributed by atoms with E-state index in [-0.39, 0.29) is 17.3 Å². The molecule has 0 aliphatic carbocycles. The fourth-order valence-corrected chi connectivity index (χ4v) is 4.99. The minimum Gasteiger partial charge on any atom is -0.355 e. The van der Waals surface area contributed by atoms with Crippen molar-refractivity contribution in [3.63, 3.8) is 0 Å². The largest absolute Gasteiger partial charge is 0.355 e. The summed E-state index contributed by atoms with van der Waals surface area (Å²) < 4.78 is 46.0. The zero-order valence-electron chi connectivity index (χ0n) is 14.0. The number of nitrogens with one attached hydrogen (secondary N) is 1. The summed E-state index contributed by atoms with van der Waals surface area (Å²) in [6.45, 7) is 5.56. The van der Waals surface area contributed by atoms with Crippen molar-refractivity contribution < 1.29 is 17.3 Å². The smallest absolute Gasteiger partial charge is 0.241 e. The number of sulfonamides is 1. The number of hydrogen-bond donors (Lipinski definition) is 1. The van der Waals surface area contributed by atoms with Gasteiger partial charge >= 0.3 is 0 Å². The van der Waals surface area contributed by atoms with Crippen molar-refractivity contribution in [3.05, 3.63) is 57.8 Å². The maximum atomic E-state index is 12.9. The van der Waals surface area contributed by atoms with Gasteiger partial charge in [-0.05, 0) is 44.5 Å². The van der Waals surface area contributed by atoms with E-state index in [1.807, 2.05) is 13.8 Å². The molecule has 0 bridgehead atoms. The molecule has 8 heteroatoms. The van der Waals surface area contributed by atoms with Gasteiger partial charge in [-0.3, -0.25) is 0 Å². The first-order chi connectivity index (χ1) is 11.8. The highest BCUT2D eigenvalue weighted by Crippen LogP contribution is 2.35. The number of benzene rings is 1. The van der Waals surface area contributed by atoms with Gasteiger partial charge in [0, 0.05) is 17.0 Å². The van der Waals surface area contributed by atoms with Crippen molar-refractivity contribution in [3.8, 4) is 10.6 Å². The van der Waals surface area contributed by atoms with Crippen molar-refractivity contribution in [2.45, 2.75) is 32.2 Å². The standard InChI is InChI=1S/C17H17FN2O3S2/c1-10-11(2)20-23-17(10)15-8-16(12(3)24-15)25(21,22)19-9-13-4-6-14(18)7-5-13/h4-8,19H,9H2,1-3H3. The Balaban J connectivity index is 1.85. The van der Waals surface area contributed by atoms with Gasteiger partial charge in [0.05, 0.1) is 15.5 Å². The van der Waals surface area contributed by atoms with Crippen LogP contribution < -0.4 is 4.72 Å². The molecule has 3 rings (SSSR count). The monoisotopic (exact) mass is 380 g/mol. The summed E-state index contributed by atoms with van der Waals surface area (Å²) in [7, 11) is -3.69. The average molecular weight is 380 g/mol. The van der Waals surface area contributed by atoms with Gasteiger partial charge in [0.1, 0.15) is 5.82 Å². The van der Waals surface area contributed by atoms with E-state index in [4.69, 9.17) is 4.52 Å².